The normalized spacial score (nSPS) is 18.7. The summed E-state index contributed by atoms with van der Waals surface area (Å²) in [5.41, 5.74) is 2.35. The van der Waals surface area contributed by atoms with E-state index < -0.39 is 6.10 Å². The van der Waals surface area contributed by atoms with Crippen LogP contribution in [0.15, 0.2) is 60.7 Å². The van der Waals surface area contributed by atoms with Crippen LogP contribution in [0.1, 0.15) is 5.56 Å². The fourth-order valence-electron chi connectivity index (χ4n) is 3.25. The van der Waals surface area contributed by atoms with Gasteiger partial charge in [-0.3, -0.25) is 4.90 Å². The average Bonchev–Trinajstić information content (AvgIpc) is 3.09. The predicted molar refractivity (Wildman–Crippen MR) is 105 cm³/mol. The summed E-state index contributed by atoms with van der Waals surface area (Å²) >= 11 is 1.58. The van der Waals surface area contributed by atoms with Crippen molar-refractivity contribution in [3.05, 3.63) is 66.2 Å². The SMILES string of the molecule is OC1CN(Cc2ccccc2)CCN(c2nnc(-c3ccccc3)s2)C1. The van der Waals surface area contributed by atoms with Crippen molar-refractivity contribution in [1.82, 2.24) is 15.1 Å². The van der Waals surface area contributed by atoms with E-state index in [1.165, 1.54) is 5.56 Å². The lowest BCUT2D eigenvalue weighted by molar-refractivity contribution is 0.129. The molecule has 1 aromatic heterocycles. The highest BCUT2D eigenvalue weighted by molar-refractivity contribution is 7.18. The van der Waals surface area contributed by atoms with Gasteiger partial charge < -0.3 is 10.0 Å². The number of anilines is 1. The van der Waals surface area contributed by atoms with E-state index in [0.29, 0.717) is 13.1 Å². The van der Waals surface area contributed by atoms with Gasteiger partial charge in [-0.1, -0.05) is 72.0 Å². The lowest BCUT2D eigenvalue weighted by Gasteiger charge is -2.21. The molecule has 0 bridgehead atoms. The second kappa shape index (κ2) is 7.95. The molecule has 1 saturated heterocycles. The molecule has 3 aromatic rings. The van der Waals surface area contributed by atoms with Crippen LogP contribution in [0.4, 0.5) is 5.13 Å². The number of hydrogen-bond acceptors (Lipinski definition) is 6. The summed E-state index contributed by atoms with van der Waals surface area (Å²) in [6.45, 7) is 3.86. The maximum Gasteiger partial charge on any atom is 0.208 e. The van der Waals surface area contributed by atoms with Crippen LogP contribution in [0.5, 0.6) is 0 Å². The quantitative estimate of drug-likeness (QED) is 0.769. The fourth-order valence-corrected chi connectivity index (χ4v) is 4.14. The van der Waals surface area contributed by atoms with Crippen molar-refractivity contribution in [3.63, 3.8) is 0 Å². The molecule has 1 atom stereocenters. The van der Waals surface area contributed by atoms with Crippen LogP contribution in [0.2, 0.25) is 0 Å². The summed E-state index contributed by atoms with van der Waals surface area (Å²) in [7, 11) is 0. The van der Waals surface area contributed by atoms with Crippen LogP contribution < -0.4 is 4.90 Å². The Kier molecular flexibility index (Phi) is 5.24. The molecule has 0 spiro atoms. The van der Waals surface area contributed by atoms with E-state index in [1.54, 1.807) is 11.3 Å². The van der Waals surface area contributed by atoms with E-state index >= 15 is 0 Å². The summed E-state index contributed by atoms with van der Waals surface area (Å²) in [6.07, 6.45) is -0.398. The molecule has 134 valence electrons. The number of aliphatic hydroxyl groups is 1. The lowest BCUT2D eigenvalue weighted by atomic mass is 10.2. The first-order valence-electron chi connectivity index (χ1n) is 8.86. The zero-order valence-electron chi connectivity index (χ0n) is 14.5. The summed E-state index contributed by atoms with van der Waals surface area (Å²) in [5.74, 6) is 0. The van der Waals surface area contributed by atoms with E-state index in [0.717, 1.165) is 35.3 Å². The minimum atomic E-state index is -0.398. The van der Waals surface area contributed by atoms with Gasteiger partial charge in [0.15, 0.2) is 0 Å². The van der Waals surface area contributed by atoms with Gasteiger partial charge in [-0.2, -0.15) is 0 Å². The van der Waals surface area contributed by atoms with Crippen molar-refractivity contribution < 1.29 is 5.11 Å². The molecule has 1 fully saturated rings. The number of nitrogens with zero attached hydrogens (tertiary/aromatic N) is 4. The fraction of sp³-hybridized carbons (Fsp3) is 0.300. The Morgan fingerprint density at radius 1 is 0.923 bits per heavy atom. The average molecular weight is 366 g/mol. The van der Waals surface area contributed by atoms with Crippen molar-refractivity contribution in [1.29, 1.82) is 0 Å². The van der Waals surface area contributed by atoms with Crippen LogP contribution >= 0.6 is 11.3 Å². The maximum atomic E-state index is 10.5. The summed E-state index contributed by atoms with van der Waals surface area (Å²) in [6, 6.07) is 20.5. The number of aliphatic hydroxyl groups excluding tert-OH is 1. The van der Waals surface area contributed by atoms with Gasteiger partial charge in [0.25, 0.3) is 0 Å². The van der Waals surface area contributed by atoms with Crippen LogP contribution in [-0.4, -0.2) is 52.5 Å². The molecule has 26 heavy (non-hydrogen) atoms. The highest BCUT2D eigenvalue weighted by Gasteiger charge is 2.23. The molecule has 2 heterocycles. The van der Waals surface area contributed by atoms with Crippen molar-refractivity contribution in [3.8, 4) is 10.6 Å². The van der Waals surface area contributed by atoms with E-state index in [9.17, 15) is 5.11 Å². The van der Waals surface area contributed by atoms with Crippen LogP contribution in [0.3, 0.4) is 0 Å². The Labute approximate surface area is 157 Å². The molecule has 1 unspecified atom stereocenters. The molecule has 1 aliphatic heterocycles. The summed E-state index contributed by atoms with van der Waals surface area (Å²) in [4.78, 5) is 4.46. The molecule has 1 N–H and O–H groups in total. The Bertz CT molecular complexity index is 824. The van der Waals surface area contributed by atoms with Crippen molar-refractivity contribution in [2.24, 2.45) is 0 Å². The van der Waals surface area contributed by atoms with Crippen molar-refractivity contribution >= 4 is 16.5 Å². The number of hydrogen-bond donors (Lipinski definition) is 1. The van der Waals surface area contributed by atoms with Gasteiger partial charge in [0.2, 0.25) is 5.13 Å². The first-order chi connectivity index (χ1) is 12.8. The number of β-amino-alcohol motifs (C(OH)–C–C–N with tert-alkyl or cyclic N) is 1. The zero-order chi connectivity index (χ0) is 17.8. The molecular formula is C20H22N4OS. The minimum Gasteiger partial charge on any atom is -0.390 e. The second-order valence-corrected chi connectivity index (χ2v) is 7.53. The van der Waals surface area contributed by atoms with E-state index in [1.807, 2.05) is 36.4 Å². The molecule has 2 aromatic carbocycles. The standard InChI is InChI=1S/C20H22N4OS/c25-18-14-23(13-16-7-3-1-4-8-16)11-12-24(15-18)20-22-21-19(26-20)17-9-5-2-6-10-17/h1-10,18,25H,11-15H2. The third kappa shape index (κ3) is 4.09. The van der Waals surface area contributed by atoms with Crippen molar-refractivity contribution in [2.45, 2.75) is 12.6 Å². The molecule has 1 aliphatic rings. The Balaban J connectivity index is 1.45. The molecule has 5 nitrogen and oxygen atoms in total. The summed E-state index contributed by atoms with van der Waals surface area (Å²) in [5, 5.41) is 21.0. The van der Waals surface area contributed by atoms with Gasteiger partial charge in [0, 0.05) is 38.3 Å². The molecule has 0 saturated carbocycles. The largest absolute Gasteiger partial charge is 0.390 e. The van der Waals surface area contributed by atoms with Crippen LogP contribution in [0.25, 0.3) is 10.6 Å². The van der Waals surface area contributed by atoms with Crippen LogP contribution in [0, 0.1) is 0 Å². The maximum absolute atomic E-state index is 10.5. The van der Waals surface area contributed by atoms with Gasteiger partial charge in [-0.15, -0.1) is 10.2 Å². The van der Waals surface area contributed by atoms with Gasteiger partial charge in [0.05, 0.1) is 6.10 Å². The Hall–Kier alpha value is -2.28. The first-order valence-corrected chi connectivity index (χ1v) is 9.68. The van der Waals surface area contributed by atoms with Gasteiger partial charge >= 0.3 is 0 Å². The van der Waals surface area contributed by atoms with E-state index in [4.69, 9.17) is 0 Å². The third-order valence-electron chi connectivity index (χ3n) is 4.54. The molecule has 0 aliphatic carbocycles. The highest BCUT2D eigenvalue weighted by atomic mass is 32.1. The molecule has 0 amide bonds. The Morgan fingerprint density at radius 3 is 2.42 bits per heavy atom. The summed E-state index contributed by atoms with van der Waals surface area (Å²) < 4.78 is 0. The molecule has 4 rings (SSSR count). The van der Waals surface area contributed by atoms with Gasteiger partial charge in [-0.05, 0) is 5.56 Å². The number of benzene rings is 2. The second-order valence-electron chi connectivity index (χ2n) is 6.58. The van der Waals surface area contributed by atoms with Crippen molar-refractivity contribution in [2.75, 3.05) is 31.1 Å². The third-order valence-corrected chi connectivity index (χ3v) is 5.57. The molecular weight excluding hydrogens is 344 g/mol. The smallest absolute Gasteiger partial charge is 0.208 e. The molecule has 6 heteroatoms. The Morgan fingerprint density at radius 2 is 1.65 bits per heavy atom. The zero-order valence-corrected chi connectivity index (χ0v) is 15.3. The van der Waals surface area contributed by atoms with Gasteiger partial charge in [-0.25, -0.2) is 0 Å². The minimum absolute atomic E-state index is 0.398. The number of rotatable bonds is 4. The predicted octanol–water partition coefficient (Wildman–Crippen LogP) is 2.89. The number of aromatic nitrogens is 2. The monoisotopic (exact) mass is 366 g/mol. The lowest BCUT2D eigenvalue weighted by Crippen LogP contribution is -2.33. The van der Waals surface area contributed by atoms with Gasteiger partial charge in [0.1, 0.15) is 5.01 Å². The highest BCUT2D eigenvalue weighted by Crippen LogP contribution is 2.29. The van der Waals surface area contributed by atoms with E-state index in [-0.39, 0.29) is 0 Å². The first kappa shape index (κ1) is 17.1. The van der Waals surface area contributed by atoms with E-state index in [2.05, 4.69) is 44.3 Å². The topological polar surface area (TPSA) is 52.5 Å². The van der Waals surface area contributed by atoms with Crippen LogP contribution in [-0.2, 0) is 6.54 Å². The molecule has 0 radical (unpaired) electrons.